The van der Waals surface area contributed by atoms with E-state index in [-0.39, 0.29) is 0 Å². The third kappa shape index (κ3) is 4.00. The summed E-state index contributed by atoms with van der Waals surface area (Å²) >= 11 is 1.47. The van der Waals surface area contributed by atoms with Gasteiger partial charge in [0.1, 0.15) is 0 Å². The van der Waals surface area contributed by atoms with E-state index < -0.39 is 0 Å². The van der Waals surface area contributed by atoms with Crippen molar-refractivity contribution >= 4 is 34.0 Å². The Kier molecular flexibility index (Phi) is 5.23. The first kappa shape index (κ1) is 16.2. The maximum atomic E-state index is 5.92. The van der Waals surface area contributed by atoms with Gasteiger partial charge >= 0.3 is 0 Å². The Morgan fingerprint density at radius 2 is 1.96 bits per heavy atom. The number of nitrogens with zero attached hydrogens (tertiary/aromatic N) is 3. The Morgan fingerprint density at radius 3 is 2.79 bits per heavy atom. The van der Waals surface area contributed by atoms with Crippen LogP contribution in [0.3, 0.4) is 0 Å². The molecule has 0 unspecified atom stereocenters. The predicted molar refractivity (Wildman–Crippen MR) is 103 cm³/mol. The highest BCUT2D eigenvalue weighted by molar-refractivity contribution is 8.13. The Morgan fingerprint density at radius 1 is 1.12 bits per heavy atom. The van der Waals surface area contributed by atoms with E-state index in [1.54, 1.807) is 12.4 Å². The van der Waals surface area contributed by atoms with Crippen LogP contribution in [0.4, 0.5) is 0 Å². The lowest BCUT2D eigenvalue weighted by atomic mass is 10.0. The molecule has 2 N–H and O–H groups in total. The minimum absolute atomic E-state index is 0.450. The molecule has 0 amide bonds. The highest BCUT2D eigenvalue weighted by Gasteiger charge is 2.03. The quantitative estimate of drug-likeness (QED) is 0.443. The Balaban J connectivity index is 1.73. The molecule has 0 saturated heterocycles. The molecule has 0 aliphatic rings. The number of aryl methyl sites for hydroxylation is 1. The number of nitrogens with two attached hydrogens (primary N) is 1. The maximum Gasteiger partial charge on any atom is 0.180 e. The second-order valence-corrected chi connectivity index (χ2v) is 6.32. The molecule has 0 radical (unpaired) electrons. The summed E-state index contributed by atoms with van der Waals surface area (Å²) in [6.45, 7) is 2.05. The van der Waals surface area contributed by atoms with E-state index in [1.807, 2.05) is 49.4 Å². The third-order valence-corrected chi connectivity index (χ3v) is 4.47. The number of aromatic nitrogens is 1. The van der Waals surface area contributed by atoms with Crippen LogP contribution < -0.4 is 5.73 Å². The van der Waals surface area contributed by atoms with Crippen molar-refractivity contribution in [2.45, 2.75) is 12.7 Å². The minimum Gasteiger partial charge on any atom is -0.377 e. The van der Waals surface area contributed by atoms with Crippen molar-refractivity contribution in [3.05, 3.63) is 77.5 Å². The fourth-order valence-corrected chi connectivity index (χ4v) is 2.97. The van der Waals surface area contributed by atoms with Gasteiger partial charge in [0.25, 0.3) is 0 Å². The van der Waals surface area contributed by atoms with Gasteiger partial charge in [0.15, 0.2) is 5.17 Å². The summed E-state index contributed by atoms with van der Waals surface area (Å²) in [5.74, 6) is 0.781. The second-order valence-electron chi connectivity index (χ2n) is 5.32. The molecule has 0 atom stereocenters. The van der Waals surface area contributed by atoms with Crippen LogP contribution in [0.25, 0.3) is 10.9 Å². The van der Waals surface area contributed by atoms with E-state index in [4.69, 9.17) is 5.73 Å². The molecular formula is C19H18N4S. The van der Waals surface area contributed by atoms with Gasteiger partial charge in [0, 0.05) is 22.9 Å². The lowest BCUT2D eigenvalue weighted by molar-refractivity contribution is 1.25. The molecule has 1 aromatic heterocycles. The molecule has 0 fully saturated rings. The molecule has 3 aromatic rings. The van der Waals surface area contributed by atoms with E-state index in [0.29, 0.717) is 5.17 Å². The summed E-state index contributed by atoms with van der Waals surface area (Å²) in [5.41, 5.74) is 10.2. The van der Waals surface area contributed by atoms with E-state index in [9.17, 15) is 0 Å². The fraction of sp³-hybridized carbons (Fsp3) is 0.105. The molecular weight excluding hydrogens is 316 g/mol. The van der Waals surface area contributed by atoms with Crippen LogP contribution in [0.5, 0.6) is 0 Å². The third-order valence-electron chi connectivity index (χ3n) is 3.62. The number of thioether (sulfide) groups is 1. The van der Waals surface area contributed by atoms with Crippen molar-refractivity contribution in [1.82, 2.24) is 4.98 Å². The summed E-state index contributed by atoms with van der Waals surface area (Å²) in [6, 6.07) is 18.2. The normalized spacial score (nSPS) is 12.1. The topological polar surface area (TPSA) is 63.6 Å². The molecule has 120 valence electrons. The van der Waals surface area contributed by atoms with Crippen LogP contribution in [-0.2, 0) is 5.75 Å². The van der Waals surface area contributed by atoms with Gasteiger partial charge in [-0.1, -0.05) is 54.2 Å². The molecule has 3 rings (SSSR count). The zero-order chi connectivity index (χ0) is 16.8. The number of amidine groups is 1. The standard InChI is InChI=1S/C19H18N4S/c1-14-9-10-18-16(8-5-11-21-18)17(14)12-22-23-19(20)24-13-15-6-3-2-4-7-15/h2-12H,13H2,1H3,(H2,20,23). The van der Waals surface area contributed by atoms with Gasteiger partial charge in [-0.3, -0.25) is 4.98 Å². The average molecular weight is 334 g/mol. The molecule has 4 nitrogen and oxygen atoms in total. The maximum absolute atomic E-state index is 5.92. The van der Waals surface area contributed by atoms with Crippen molar-refractivity contribution in [2.75, 3.05) is 0 Å². The van der Waals surface area contributed by atoms with Gasteiger partial charge in [0.05, 0.1) is 11.7 Å². The van der Waals surface area contributed by atoms with Gasteiger partial charge in [0.2, 0.25) is 0 Å². The number of hydrogen-bond acceptors (Lipinski definition) is 4. The zero-order valence-electron chi connectivity index (χ0n) is 13.4. The largest absolute Gasteiger partial charge is 0.377 e. The van der Waals surface area contributed by atoms with Gasteiger partial charge in [-0.25, -0.2) is 0 Å². The number of pyridine rings is 1. The number of fused-ring (bicyclic) bond motifs is 1. The fourth-order valence-electron chi connectivity index (χ4n) is 2.36. The van der Waals surface area contributed by atoms with Crippen LogP contribution in [0.2, 0.25) is 0 Å². The van der Waals surface area contributed by atoms with E-state index in [0.717, 1.165) is 27.8 Å². The first-order valence-corrected chi connectivity index (χ1v) is 8.60. The summed E-state index contributed by atoms with van der Waals surface area (Å²) in [4.78, 5) is 4.36. The van der Waals surface area contributed by atoms with E-state index >= 15 is 0 Å². The van der Waals surface area contributed by atoms with Crippen molar-refractivity contribution in [1.29, 1.82) is 0 Å². The van der Waals surface area contributed by atoms with Crippen molar-refractivity contribution in [2.24, 2.45) is 15.9 Å². The number of hydrogen-bond donors (Lipinski definition) is 1. The zero-order valence-corrected chi connectivity index (χ0v) is 14.2. The summed E-state index contributed by atoms with van der Waals surface area (Å²) in [5, 5.41) is 9.76. The number of rotatable bonds is 4. The van der Waals surface area contributed by atoms with Crippen LogP contribution in [0, 0.1) is 6.92 Å². The van der Waals surface area contributed by atoms with Crippen LogP contribution in [0.1, 0.15) is 16.7 Å². The minimum atomic E-state index is 0.450. The number of benzene rings is 2. The van der Waals surface area contributed by atoms with Crippen LogP contribution in [-0.4, -0.2) is 16.4 Å². The SMILES string of the molecule is Cc1ccc2ncccc2c1C=NN=C(N)SCc1ccccc1. The average Bonchev–Trinajstić information content (AvgIpc) is 2.63. The molecule has 5 heteroatoms. The second kappa shape index (κ2) is 7.75. The van der Waals surface area contributed by atoms with Gasteiger partial charge in [-0.2, -0.15) is 5.10 Å². The van der Waals surface area contributed by atoms with Gasteiger partial charge in [-0.15, -0.1) is 5.10 Å². The molecule has 0 bridgehead atoms. The highest BCUT2D eigenvalue weighted by Crippen LogP contribution is 2.19. The molecule has 0 aliphatic carbocycles. The Bertz CT molecular complexity index is 888. The van der Waals surface area contributed by atoms with Crippen molar-refractivity contribution in [3.63, 3.8) is 0 Å². The van der Waals surface area contributed by atoms with Crippen LogP contribution in [0.15, 0.2) is 71.0 Å². The molecule has 0 aliphatic heterocycles. The Labute approximate surface area is 145 Å². The lowest BCUT2D eigenvalue weighted by Crippen LogP contribution is -2.06. The van der Waals surface area contributed by atoms with E-state index in [2.05, 4.69) is 27.3 Å². The molecule has 0 spiro atoms. The molecule has 0 saturated carbocycles. The van der Waals surface area contributed by atoms with E-state index in [1.165, 1.54) is 17.3 Å². The monoisotopic (exact) mass is 334 g/mol. The van der Waals surface area contributed by atoms with Crippen molar-refractivity contribution in [3.8, 4) is 0 Å². The Hall–Kier alpha value is -2.66. The smallest absolute Gasteiger partial charge is 0.180 e. The molecule has 24 heavy (non-hydrogen) atoms. The molecule has 1 heterocycles. The summed E-state index contributed by atoms with van der Waals surface area (Å²) < 4.78 is 0. The van der Waals surface area contributed by atoms with Gasteiger partial charge < -0.3 is 5.73 Å². The van der Waals surface area contributed by atoms with Gasteiger partial charge in [-0.05, 0) is 30.2 Å². The van der Waals surface area contributed by atoms with Crippen LogP contribution >= 0.6 is 11.8 Å². The summed E-state index contributed by atoms with van der Waals surface area (Å²) in [6.07, 6.45) is 3.53. The lowest BCUT2D eigenvalue weighted by Gasteiger charge is -2.04. The summed E-state index contributed by atoms with van der Waals surface area (Å²) in [7, 11) is 0. The predicted octanol–water partition coefficient (Wildman–Crippen LogP) is 4.13. The first-order chi connectivity index (χ1) is 11.7. The first-order valence-electron chi connectivity index (χ1n) is 7.61. The molecule has 2 aromatic carbocycles. The van der Waals surface area contributed by atoms with Crippen molar-refractivity contribution < 1.29 is 0 Å². The highest BCUT2D eigenvalue weighted by atomic mass is 32.2.